The monoisotopic (exact) mass is 317 g/mol. The van der Waals surface area contributed by atoms with Crippen molar-refractivity contribution in [3.63, 3.8) is 0 Å². The van der Waals surface area contributed by atoms with Gasteiger partial charge in [-0.15, -0.1) is 0 Å². The van der Waals surface area contributed by atoms with E-state index in [1.807, 2.05) is 6.92 Å². The maximum Gasteiger partial charge on any atom is 0.278 e. The zero-order valence-corrected chi connectivity index (χ0v) is 13.2. The number of hydrogen-bond donors (Lipinski definition) is 1. The average molecular weight is 317 g/mol. The highest BCUT2D eigenvalue weighted by molar-refractivity contribution is 5.94. The molecule has 2 rings (SSSR count). The third kappa shape index (κ3) is 5.14. The summed E-state index contributed by atoms with van der Waals surface area (Å²) in [5.74, 6) is 0.750. The molecule has 0 aliphatic rings. The predicted octanol–water partition coefficient (Wildman–Crippen LogP) is 2.14. The van der Waals surface area contributed by atoms with E-state index in [4.69, 9.17) is 9.47 Å². The van der Waals surface area contributed by atoms with Gasteiger partial charge in [-0.2, -0.15) is 0 Å². The summed E-state index contributed by atoms with van der Waals surface area (Å²) in [6, 6.07) is 6.97. The van der Waals surface area contributed by atoms with Crippen LogP contribution in [-0.2, 0) is 0 Å². The molecule has 0 aliphatic carbocycles. The van der Waals surface area contributed by atoms with E-state index >= 15 is 0 Å². The van der Waals surface area contributed by atoms with Crippen molar-refractivity contribution in [3.8, 4) is 11.6 Å². The van der Waals surface area contributed by atoms with Crippen molar-refractivity contribution < 1.29 is 18.9 Å². The number of rotatable bonds is 8. The Kier molecular flexibility index (Phi) is 5.74. The largest absolute Gasteiger partial charge is 0.489 e. The standard InChI is InChI=1S/C16H19N3O4/c1-11(2)10-22-14-6-4-5-13(9-14)15(20)17-7-8-21-16-12(3)18-23-19-16/h4-6,9H,1,7-8,10H2,2-3H3,(H,17,20). The lowest BCUT2D eigenvalue weighted by molar-refractivity contribution is 0.0946. The van der Waals surface area contributed by atoms with Gasteiger partial charge in [0.1, 0.15) is 24.7 Å². The molecular formula is C16H19N3O4. The topological polar surface area (TPSA) is 86.5 Å². The molecule has 1 N–H and O–H groups in total. The Morgan fingerprint density at radius 1 is 1.35 bits per heavy atom. The molecular weight excluding hydrogens is 298 g/mol. The molecule has 0 fully saturated rings. The number of amides is 1. The fourth-order valence-corrected chi connectivity index (χ4v) is 1.70. The van der Waals surface area contributed by atoms with Crippen molar-refractivity contribution in [3.05, 3.63) is 47.7 Å². The number of carbonyl (C=O) groups excluding carboxylic acids is 1. The molecule has 2 aromatic rings. The van der Waals surface area contributed by atoms with Gasteiger partial charge in [0.05, 0.1) is 6.54 Å². The number of benzene rings is 1. The van der Waals surface area contributed by atoms with Crippen LogP contribution in [0.3, 0.4) is 0 Å². The Bertz CT molecular complexity index is 681. The molecule has 0 aliphatic heterocycles. The van der Waals surface area contributed by atoms with Gasteiger partial charge in [-0.25, -0.2) is 4.63 Å². The molecule has 0 spiro atoms. The van der Waals surface area contributed by atoms with Crippen LogP contribution in [0.4, 0.5) is 0 Å². The fourth-order valence-electron chi connectivity index (χ4n) is 1.70. The van der Waals surface area contributed by atoms with E-state index in [0.29, 0.717) is 36.0 Å². The summed E-state index contributed by atoms with van der Waals surface area (Å²) in [6.07, 6.45) is 0. The highest BCUT2D eigenvalue weighted by Crippen LogP contribution is 2.14. The second kappa shape index (κ2) is 7.98. The maximum absolute atomic E-state index is 12.1. The van der Waals surface area contributed by atoms with E-state index in [1.54, 1.807) is 31.2 Å². The van der Waals surface area contributed by atoms with Crippen molar-refractivity contribution in [1.29, 1.82) is 0 Å². The van der Waals surface area contributed by atoms with E-state index in [9.17, 15) is 4.79 Å². The summed E-state index contributed by atoms with van der Waals surface area (Å²) in [7, 11) is 0. The number of ether oxygens (including phenoxy) is 2. The quantitative estimate of drug-likeness (QED) is 0.593. The smallest absolute Gasteiger partial charge is 0.278 e. The number of hydrogen-bond acceptors (Lipinski definition) is 6. The Balaban J connectivity index is 1.80. The van der Waals surface area contributed by atoms with Crippen LogP contribution in [0.25, 0.3) is 0 Å². The van der Waals surface area contributed by atoms with Gasteiger partial charge in [-0.1, -0.05) is 17.8 Å². The number of nitrogens with one attached hydrogen (secondary N) is 1. The highest BCUT2D eigenvalue weighted by atomic mass is 16.6. The Hall–Kier alpha value is -2.83. The first kappa shape index (κ1) is 16.5. The Morgan fingerprint density at radius 3 is 2.87 bits per heavy atom. The summed E-state index contributed by atoms with van der Waals surface area (Å²) >= 11 is 0. The van der Waals surface area contributed by atoms with Crippen LogP contribution < -0.4 is 14.8 Å². The summed E-state index contributed by atoms with van der Waals surface area (Å²) in [5, 5.41) is 9.95. The molecule has 0 atom stereocenters. The number of carbonyl (C=O) groups is 1. The molecule has 7 heteroatoms. The molecule has 0 bridgehead atoms. The van der Waals surface area contributed by atoms with E-state index in [2.05, 4.69) is 26.8 Å². The van der Waals surface area contributed by atoms with Gasteiger partial charge in [-0.3, -0.25) is 4.79 Å². The predicted molar refractivity (Wildman–Crippen MR) is 83.6 cm³/mol. The van der Waals surface area contributed by atoms with Crippen molar-refractivity contribution in [2.24, 2.45) is 0 Å². The molecule has 0 saturated heterocycles. The van der Waals surface area contributed by atoms with Crippen molar-refractivity contribution in [1.82, 2.24) is 15.6 Å². The molecule has 0 saturated carbocycles. The first-order chi connectivity index (χ1) is 11.1. The Labute approximate surface area is 134 Å². The van der Waals surface area contributed by atoms with Crippen LogP contribution >= 0.6 is 0 Å². The van der Waals surface area contributed by atoms with Crippen LogP contribution in [0.5, 0.6) is 11.6 Å². The van der Waals surface area contributed by atoms with Crippen molar-refractivity contribution in [2.45, 2.75) is 13.8 Å². The maximum atomic E-state index is 12.1. The van der Waals surface area contributed by atoms with Crippen LogP contribution in [0.1, 0.15) is 23.0 Å². The minimum atomic E-state index is -0.204. The van der Waals surface area contributed by atoms with Crippen molar-refractivity contribution in [2.75, 3.05) is 19.8 Å². The van der Waals surface area contributed by atoms with Gasteiger partial charge in [0.15, 0.2) is 0 Å². The normalized spacial score (nSPS) is 10.2. The lowest BCUT2D eigenvalue weighted by Gasteiger charge is -2.09. The Morgan fingerprint density at radius 2 is 2.17 bits per heavy atom. The molecule has 122 valence electrons. The average Bonchev–Trinajstić information content (AvgIpc) is 2.95. The number of aryl methyl sites for hydroxylation is 1. The number of aromatic nitrogens is 2. The van der Waals surface area contributed by atoms with Crippen LogP contribution in [0.2, 0.25) is 0 Å². The first-order valence-electron chi connectivity index (χ1n) is 7.13. The van der Waals surface area contributed by atoms with Gasteiger partial charge in [0, 0.05) is 5.56 Å². The summed E-state index contributed by atoms with van der Waals surface area (Å²) < 4.78 is 15.4. The third-order valence-electron chi connectivity index (χ3n) is 2.82. The molecule has 0 radical (unpaired) electrons. The van der Waals surface area contributed by atoms with E-state index in [-0.39, 0.29) is 12.5 Å². The first-order valence-corrected chi connectivity index (χ1v) is 7.13. The minimum Gasteiger partial charge on any atom is -0.489 e. The minimum absolute atomic E-state index is 0.204. The van der Waals surface area contributed by atoms with Crippen LogP contribution in [0.15, 0.2) is 41.0 Å². The third-order valence-corrected chi connectivity index (χ3v) is 2.82. The molecule has 1 aromatic carbocycles. The van der Waals surface area contributed by atoms with Gasteiger partial charge >= 0.3 is 0 Å². The zero-order valence-electron chi connectivity index (χ0n) is 13.2. The lowest BCUT2D eigenvalue weighted by atomic mass is 10.2. The summed E-state index contributed by atoms with van der Waals surface area (Å²) in [5.41, 5.74) is 2.00. The van der Waals surface area contributed by atoms with Gasteiger partial charge < -0.3 is 14.8 Å². The summed E-state index contributed by atoms with van der Waals surface area (Å²) in [4.78, 5) is 12.1. The van der Waals surface area contributed by atoms with Gasteiger partial charge in [0.2, 0.25) is 0 Å². The highest BCUT2D eigenvalue weighted by Gasteiger charge is 2.08. The molecule has 0 unspecified atom stereocenters. The molecule has 1 heterocycles. The SMILES string of the molecule is C=C(C)COc1cccc(C(=O)NCCOc2nonc2C)c1. The van der Waals surface area contributed by atoms with E-state index in [0.717, 1.165) is 5.57 Å². The van der Waals surface area contributed by atoms with Crippen molar-refractivity contribution >= 4 is 5.91 Å². The van der Waals surface area contributed by atoms with Gasteiger partial charge in [-0.05, 0) is 42.8 Å². The number of nitrogens with zero attached hydrogens (tertiary/aromatic N) is 2. The second-order valence-corrected chi connectivity index (χ2v) is 5.03. The molecule has 1 aromatic heterocycles. The van der Waals surface area contributed by atoms with E-state index < -0.39 is 0 Å². The van der Waals surface area contributed by atoms with Crippen LogP contribution in [0, 0.1) is 6.92 Å². The second-order valence-electron chi connectivity index (χ2n) is 5.03. The zero-order chi connectivity index (χ0) is 16.7. The van der Waals surface area contributed by atoms with Gasteiger partial charge in [0.25, 0.3) is 11.8 Å². The summed E-state index contributed by atoms with van der Waals surface area (Å²) in [6.45, 7) is 8.40. The fraction of sp³-hybridized carbons (Fsp3) is 0.312. The van der Waals surface area contributed by atoms with Crippen LogP contribution in [-0.4, -0.2) is 36.0 Å². The molecule has 7 nitrogen and oxygen atoms in total. The molecule has 1 amide bonds. The lowest BCUT2D eigenvalue weighted by Crippen LogP contribution is -2.28. The molecule has 23 heavy (non-hydrogen) atoms. The van der Waals surface area contributed by atoms with E-state index in [1.165, 1.54) is 0 Å².